The fourth-order valence-electron chi connectivity index (χ4n) is 2.26. The molecule has 1 aromatic heterocycles. The SMILES string of the molecule is CNC(=O)n1nc(C)c(B2OC(C)(C)C(C)(C)O2)c1C. The molecule has 0 aromatic carbocycles. The molecule has 1 fully saturated rings. The van der Waals surface area contributed by atoms with E-state index in [-0.39, 0.29) is 6.03 Å². The average Bonchev–Trinajstić information content (AvgIpc) is 2.72. The Morgan fingerprint density at radius 3 is 2.15 bits per heavy atom. The Hall–Kier alpha value is -1.34. The van der Waals surface area contributed by atoms with Crippen molar-refractivity contribution in [2.45, 2.75) is 52.7 Å². The molecule has 20 heavy (non-hydrogen) atoms. The summed E-state index contributed by atoms with van der Waals surface area (Å²) >= 11 is 0. The Bertz CT molecular complexity index is 535. The lowest BCUT2D eigenvalue weighted by atomic mass is 9.77. The lowest BCUT2D eigenvalue weighted by molar-refractivity contribution is 0.00578. The van der Waals surface area contributed by atoms with E-state index in [9.17, 15) is 4.79 Å². The highest BCUT2D eigenvalue weighted by Gasteiger charge is 2.53. The van der Waals surface area contributed by atoms with Crippen molar-refractivity contribution in [2.24, 2.45) is 0 Å². The van der Waals surface area contributed by atoms with Crippen LogP contribution in [0, 0.1) is 13.8 Å². The van der Waals surface area contributed by atoms with Crippen molar-refractivity contribution in [3.05, 3.63) is 11.4 Å². The molecule has 0 bridgehead atoms. The summed E-state index contributed by atoms with van der Waals surface area (Å²) in [6.07, 6.45) is 0. The maximum absolute atomic E-state index is 11.8. The van der Waals surface area contributed by atoms with E-state index in [1.54, 1.807) is 7.05 Å². The maximum atomic E-state index is 11.8. The number of nitrogens with one attached hydrogen (secondary N) is 1. The number of aromatic nitrogens is 2. The number of hydrogen-bond acceptors (Lipinski definition) is 4. The highest BCUT2D eigenvalue weighted by atomic mass is 16.7. The van der Waals surface area contributed by atoms with Crippen LogP contribution in [0.15, 0.2) is 0 Å². The van der Waals surface area contributed by atoms with E-state index < -0.39 is 18.3 Å². The Morgan fingerprint density at radius 1 is 1.20 bits per heavy atom. The van der Waals surface area contributed by atoms with Crippen molar-refractivity contribution in [3.63, 3.8) is 0 Å². The third-order valence-electron chi connectivity index (χ3n) is 4.24. The monoisotopic (exact) mass is 279 g/mol. The van der Waals surface area contributed by atoms with Crippen LogP contribution in [0.4, 0.5) is 4.79 Å². The molecule has 0 saturated carbocycles. The van der Waals surface area contributed by atoms with Gasteiger partial charge in [0, 0.05) is 18.2 Å². The largest absolute Gasteiger partial charge is 0.498 e. The number of aryl methyl sites for hydroxylation is 1. The van der Waals surface area contributed by atoms with Crippen LogP contribution >= 0.6 is 0 Å². The molecule has 1 N–H and O–H groups in total. The highest BCUT2D eigenvalue weighted by Crippen LogP contribution is 2.36. The molecular weight excluding hydrogens is 257 g/mol. The molecule has 1 aromatic rings. The molecule has 0 aliphatic carbocycles. The third kappa shape index (κ3) is 2.14. The zero-order valence-electron chi connectivity index (χ0n) is 13.2. The number of carbonyl (C=O) groups is 1. The van der Waals surface area contributed by atoms with E-state index >= 15 is 0 Å². The topological polar surface area (TPSA) is 65.4 Å². The molecule has 0 radical (unpaired) electrons. The van der Waals surface area contributed by atoms with Crippen LogP contribution in [0.25, 0.3) is 0 Å². The van der Waals surface area contributed by atoms with E-state index in [2.05, 4.69) is 10.4 Å². The lowest BCUT2D eigenvalue weighted by Crippen LogP contribution is -2.41. The molecule has 0 atom stereocenters. The maximum Gasteiger partial charge on any atom is 0.498 e. The van der Waals surface area contributed by atoms with E-state index in [0.29, 0.717) is 0 Å². The Labute approximate surface area is 120 Å². The molecule has 2 rings (SSSR count). The molecule has 1 saturated heterocycles. The second-order valence-corrected chi connectivity index (χ2v) is 6.14. The summed E-state index contributed by atoms with van der Waals surface area (Å²) in [6.45, 7) is 11.7. The first-order valence-corrected chi connectivity index (χ1v) is 6.74. The van der Waals surface area contributed by atoms with Gasteiger partial charge in [0.2, 0.25) is 0 Å². The molecule has 2 heterocycles. The highest BCUT2D eigenvalue weighted by molar-refractivity contribution is 6.63. The van der Waals surface area contributed by atoms with Gasteiger partial charge in [-0.2, -0.15) is 9.78 Å². The van der Waals surface area contributed by atoms with Crippen LogP contribution in [0.3, 0.4) is 0 Å². The Morgan fingerprint density at radius 2 is 1.70 bits per heavy atom. The predicted octanol–water partition coefficient (Wildman–Crippen LogP) is 0.987. The summed E-state index contributed by atoms with van der Waals surface area (Å²) in [5.74, 6) is 0. The number of amides is 1. The second kappa shape index (κ2) is 4.60. The fraction of sp³-hybridized carbons (Fsp3) is 0.692. The summed E-state index contributed by atoms with van der Waals surface area (Å²) in [5.41, 5.74) is 1.48. The van der Waals surface area contributed by atoms with Crippen LogP contribution < -0.4 is 10.8 Å². The minimum absolute atomic E-state index is 0.270. The zero-order valence-corrected chi connectivity index (χ0v) is 13.2. The fourth-order valence-corrected chi connectivity index (χ4v) is 2.26. The minimum atomic E-state index is -0.501. The Balaban J connectivity index is 2.41. The number of hydrogen-bond donors (Lipinski definition) is 1. The molecule has 0 spiro atoms. The van der Waals surface area contributed by atoms with E-state index in [1.165, 1.54) is 4.68 Å². The molecule has 0 unspecified atom stereocenters. The van der Waals surface area contributed by atoms with Crippen LogP contribution in [0.2, 0.25) is 0 Å². The van der Waals surface area contributed by atoms with Crippen LogP contribution in [-0.4, -0.2) is 41.2 Å². The summed E-state index contributed by atoms with van der Waals surface area (Å²) in [7, 11) is 1.08. The molecule has 110 valence electrons. The third-order valence-corrected chi connectivity index (χ3v) is 4.24. The average molecular weight is 279 g/mol. The predicted molar refractivity (Wildman–Crippen MR) is 77.3 cm³/mol. The molecule has 1 aliphatic heterocycles. The molecule has 7 heteroatoms. The van der Waals surface area contributed by atoms with Crippen LogP contribution in [-0.2, 0) is 9.31 Å². The number of carbonyl (C=O) groups excluding carboxylic acids is 1. The number of nitrogens with zero attached hydrogens (tertiary/aromatic N) is 2. The number of rotatable bonds is 1. The van der Waals surface area contributed by atoms with E-state index in [1.807, 2.05) is 41.5 Å². The standard InChI is InChI=1S/C13H22BN3O3/c1-8-10(9(2)17(16-8)11(18)15-7)14-19-12(3,4)13(5,6)20-14/h1-7H3,(H,15,18). The second-order valence-electron chi connectivity index (χ2n) is 6.14. The van der Waals surface area contributed by atoms with Gasteiger partial charge in [-0.15, -0.1) is 0 Å². The van der Waals surface area contributed by atoms with Crippen molar-refractivity contribution in [2.75, 3.05) is 7.05 Å². The normalized spacial score (nSPS) is 20.2. The van der Waals surface area contributed by atoms with Gasteiger partial charge >= 0.3 is 13.1 Å². The van der Waals surface area contributed by atoms with Gasteiger partial charge in [0.05, 0.1) is 16.9 Å². The zero-order chi connectivity index (χ0) is 15.3. The van der Waals surface area contributed by atoms with Gasteiger partial charge < -0.3 is 14.6 Å². The quantitative estimate of drug-likeness (QED) is 0.778. The molecule has 6 nitrogen and oxygen atoms in total. The first-order chi connectivity index (χ1) is 9.10. The van der Waals surface area contributed by atoms with Gasteiger partial charge in [0.15, 0.2) is 0 Å². The van der Waals surface area contributed by atoms with Crippen molar-refractivity contribution < 1.29 is 14.1 Å². The van der Waals surface area contributed by atoms with Gasteiger partial charge in [-0.25, -0.2) is 4.79 Å². The van der Waals surface area contributed by atoms with Gasteiger partial charge in [-0.05, 0) is 41.5 Å². The van der Waals surface area contributed by atoms with Gasteiger partial charge in [-0.1, -0.05) is 0 Å². The van der Waals surface area contributed by atoms with Crippen molar-refractivity contribution >= 4 is 18.6 Å². The van der Waals surface area contributed by atoms with Crippen molar-refractivity contribution in [1.82, 2.24) is 15.1 Å². The van der Waals surface area contributed by atoms with E-state index in [4.69, 9.17) is 9.31 Å². The van der Waals surface area contributed by atoms with Gasteiger partial charge in [0.25, 0.3) is 0 Å². The smallest absolute Gasteiger partial charge is 0.399 e. The first-order valence-electron chi connectivity index (χ1n) is 6.74. The summed E-state index contributed by atoms with van der Waals surface area (Å²) < 4.78 is 13.4. The molecule has 1 aliphatic rings. The Kier molecular flexibility index (Phi) is 3.46. The summed E-state index contributed by atoms with van der Waals surface area (Å²) in [6, 6.07) is -0.270. The summed E-state index contributed by atoms with van der Waals surface area (Å²) in [5, 5.41) is 6.83. The van der Waals surface area contributed by atoms with Crippen LogP contribution in [0.1, 0.15) is 39.1 Å². The molecule has 1 amide bonds. The van der Waals surface area contributed by atoms with Crippen molar-refractivity contribution in [3.8, 4) is 0 Å². The minimum Gasteiger partial charge on any atom is -0.399 e. The van der Waals surface area contributed by atoms with Gasteiger partial charge in [0.1, 0.15) is 0 Å². The van der Waals surface area contributed by atoms with Gasteiger partial charge in [-0.3, -0.25) is 0 Å². The van der Waals surface area contributed by atoms with E-state index in [0.717, 1.165) is 16.9 Å². The summed E-state index contributed by atoms with van der Waals surface area (Å²) in [4.78, 5) is 11.8. The lowest BCUT2D eigenvalue weighted by Gasteiger charge is -2.32. The molecular formula is C13H22BN3O3. The first kappa shape index (κ1) is 15.1. The van der Waals surface area contributed by atoms with Crippen LogP contribution in [0.5, 0.6) is 0 Å². The van der Waals surface area contributed by atoms with Crippen molar-refractivity contribution in [1.29, 1.82) is 0 Å².